The maximum Gasteiger partial charge on any atom is 0.195 e. The Hall–Kier alpha value is -1.35. The zero-order valence-corrected chi connectivity index (χ0v) is 12.0. The minimum atomic E-state index is -0.0982. The molecule has 0 saturated carbocycles. The SMILES string of the molecule is O=C(c1ccc2ccccc2c1)c1cc(Cl)sc1Cl. The molecule has 19 heavy (non-hydrogen) atoms. The molecule has 3 rings (SSSR count). The number of rotatable bonds is 2. The Labute approximate surface area is 124 Å². The quantitative estimate of drug-likeness (QED) is 0.576. The van der Waals surface area contributed by atoms with E-state index in [2.05, 4.69) is 0 Å². The highest BCUT2D eigenvalue weighted by molar-refractivity contribution is 7.20. The predicted octanol–water partition coefficient (Wildman–Crippen LogP) is 5.44. The first-order valence-electron chi connectivity index (χ1n) is 5.63. The van der Waals surface area contributed by atoms with Gasteiger partial charge in [0.2, 0.25) is 0 Å². The van der Waals surface area contributed by atoms with Crippen molar-refractivity contribution in [3.8, 4) is 0 Å². The van der Waals surface area contributed by atoms with Crippen molar-refractivity contribution in [3.05, 3.63) is 68.3 Å². The molecule has 2 aromatic carbocycles. The summed E-state index contributed by atoms with van der Waals surface area (Å²) in [6, 6.07) is 15.2. The molecule has 0 amide bonds. The second-order valence-electron chi connectivity index (χ2n) is 4.13. The molecule has 3 aromatic rings. The lowest BCUT2D eigenvalue weighted by atomic mass is 10.0. The molecule has 0 bridgehead atoms. The van der Waals surface area contributed by atoms with E-state index in [4.69, 9.17) is 23.2 Å². The van der Waals surface area contributed by atoms with Crippen molar-refractivity contribution in [1.29, 1.82) is 0 Å². The fraction of sp³-hybridized carbons (Fsp3) is 0. The number of fused-ring (bicyclic) bond motifs is 1. The van der Waals surface area contributed by atoms with E-state index < -0.39 is 0 Å². The second kappa shape index (κ2) is 4.97. The first kappa shape index (κ1) is 12.7. The number of halogens is 2. The van der Waals surface area contributed by atoms with Gasteiger partial charge in [0.25, 0.3) is 0 Å². The molecule has 0 radical (unpaired) electrons. The van der Waals surface area contributed by atoms with Gasteiger partial charge in [0.05, 0.1) is 9.90 Å². The Morgan fingerprint density at radius 2 is 1.68 bits per heavy atom. The van der Waals surface area contributed by atoms with Crippen molar-refractivity contribution in [1.82, 2.24) is 0 Å². The molecular formula is C15H8Cl2OS. The molecule has 0 spiro atoms. The van der Waals surface area contributed by atoms with Gasteiger partial charge in [0, 0.05) is 5.56 Å². The van der Waals surface area contributed by atoms with Crippen LogP contribution < -0.4 is 0 Å². The molecule has 1 aromatic heterocycles. The third-order valence-electron chi connectivity index (χ3n) is 2.91. The van der Waals surface area contributed by atoms with E-state index in [-0.39, 0.29) is 5.78 Å². The van der Waals surface area contributed by atoms with Crippen LogP contribution in [-0.2, 0) is 0 Å². The summed E-state index contributed by atoms with van der Waals surface area (Å²) in [6.07, 6.45) is 0. The Morgan fingerprint density at radius 1 is 0.947 bits per heavy atom. The first-order chi connectivity index (χ1) is 9.15. The summed E-state index contributed by atoms with van der Waals surface area (Å²) in [7, 11) is 0. The topological polar surface area (TPSA) is 17.1 Å². The van der Waals surface area contributed by atoms with Crippen LogP contribution in [0.3, 0.4) is 0 Å². The van der Waals surface area contributed by atoms with Crippen molar-refractivity contribution in [2.45, 2.75) is 0 Å². The van der Waals surface area contributed by atoms with Crippen molar-refractivity contribution in [2.75, 3.05) is 0 Å². The smallest absolute Gasteiger partial charge is 0.195 e. The molecule has 1 nitrogen and oxygen atoms in total. The fourth-order valence-electron chi connectivity index (χ4n) is 1.98. The summed E-state index contributed by atoms with van der Waals surface area (Å²) in [6.45, 7) is 0. The maximum atomic E-state index is 12.4. The van der Waals surface area contributed by atoms with Crippen molar-refractivity contribution in [2.24, 2.45) is 0 Å². The second-order valence-corrected chi connectivity index (χ2v) is 6.41. The van der Waals surface area contributed by atoms with E-state index in [1.165, 1.54) is 11.3 Å². The molecular weight excluding hydrogens is 299 g/mol. The van der Waals surface area contributed by atoms with E-state index in [9.17, 15) is 4.79 Å². The van der Waals surface area contributed by atoms with Crippen LogP contribution in [-0.4, -0.2) is 5.78 Å². The average Bonchev–Trinajstić information content (AvgIpc) is 2.76. The maximum absolute atomic E-state index is 12.4. The Kier molecular flexibility index (Phi) is 3.31. The number of carbonyl (C=O) groups is 1. The number of hydrogen-bond donors (Lipinski definition) is 0. The van der Waals surface area contributed by atoms with Crippen LogP contribution in [0.25, 0.3) is 10.8 Å². The summed E-state index contributed by atoms with van der Waals surface area (Å²) >= 11 is 13.1. The molecule has 1 heterocycles. The molecule has 0 unspecified atom stereocenters. The Bertz CT molecular complexity index is 777. The van der Waals surface area contributed by atoms with Gasteiger partial charge < -0.3 is 0 Å². The van der Waals surface area contributed by atoms with E-state index in [0.29, 0.717) is 19.8 Å². The van der Waals surface area contributed by atoms with Crippen LogP contribution >= 0.6 is 34.5 Å². The summed E-state index contributed by atoms with van der Waals surface area (Å²) < 4.78 is 0.956. The van der Waals surface area contributed by atoms with Gasteiger partial charge in [-0.05, 0) is 22.9 Å². The van der Waals surface area contributed by atoms with Crippen LogP contribution in [0.5, 0.6) is 0 Å². The Balaban J connectivity index is 2.09. The van der Waals surface area contributed by atoms with Gasteiger partial charge in [-0.2, -0.15) is 0 Å². The predicted molar refractivity (Wildman–Crippen MR) is 81.7 cm³/mol. The van der Waals surface area contributed by atoms with E-state index in [1.807, 2.05) is 42.5 Å². The van der Waals surface area contributed by atoms with Gasteiger partial charge in [-0.15, -0.1) is 11.3 Å². The van der Waals surface area contributed by atoms with Crippen LogP contribution in [0.2, 0.25) is 8.67 Å². The van der Waals surface area contributed by atoms with Gasteiger partial charge in [0.15, 0.2) is 5.78 Å². The molecule has 0 aliphatic heterocycles. The van der Waals surface area contributed by atoms with Crippen molar-refractivity contribution < 1.29 is 4.79 Å². The zero-order valence-electron chi connectivity index (χ0n) is 9.69. The van der Waals surface area contributed by atoms with Gasteiger partial charge in [0.1, 0.15) is 4.34 Å². The summed E-state index contributed by atoms with van der Waals surface area (Å²) in [5.41, 5.74) is 1.09. The lowest BCUT2D eigenvalue weighted by Crippen LogP contribution is -1.99. The zero-order chi connectivity index (χ0) is 13.4. The number of hydrogen-bond acceptors (Lipinski definition) is 2. The molecule has 0 fully saturated rings. The van der Waals surface area contributed by atoms with Crippen molar-refractivity contribution >= 4 is 51.1 Å². The Morgan fingerprint density at radius 3 is 2.37 bits per heavy atom. The average molecular weight is 307 g/mol. The molecule has 0 N–H and O–H groups in total. The van der Waals surface area contributed by atoms with Gasteiger partial charge in [-0.1, -0.05) is 59.6 Å². The lowest BCUT2D eigenvalue weighted by molar-refractivity contribution is 0.103. The number of ketones is 1. The highest BCUT2D eigenvalue weighted by atomic mass is 35.5. The van der Waals surface area contributed by atoms with Gasteiger partial charge in [-0.25, -0.2) is 0 Å². The number of benzene rings is 2. The number of carbonyl (C=O) groups excluding carboxylic acids is 1. The molecule has 0 saturated heterocycles. The third kappa shape index (κ3) is 2.39. The molecule has 0 aliphatic carbocycles. The molecule has 0 aliphatic rings. The monoisotopic (exact) mass is 306 g/mol. The summed E-state index contributed by atoms with van der Waals surface area (Å²) in [5.74, 6) is -0.0982. The largest absolute Gasteiger partial charge is 0.289 e. The van der Waals surface area contributed by atoms with Crippen LogP contribution in [0.15, 0.2) is 48.5 Å². The highest BCUT2D eigenvalue weighted by Crippen LogP contribution is 2.33. The van der Waals surface area contributed by atoms with Crippen LogP contribution in [0.4, 0.5) is 0 Å². The summed E-state index contributed by atoms with van der Waals surface area (Å²) in [5, 5.41) is 2.14. The van der Waals surface area contributed by atoms with Crippen LogP contribution in [0, 0.1) is 0 Å². The molecule has 0 atom stereocenters. The molecule has 4 heteroatoms. The minimum Gasteiger partial charge on any atom is -0.289 e. The minimum absolute atomic E-state index is 0.0982. The highest BCUT2D eigenvalue weighted by Gasteiger charge is 2.16. The van der Waals surface area contributed by atoms with Crippen molar-refractivity contribution in [3.63, 3.8) is 0 Å². The summed E-state index contributed by atoms with van der Waals surface area (Å²) in [4.78, 5) is 12.4. The van der Waals surface area contributed by atoms with E-state index in [1.54, 1.807) is 6.07 Å². The van der Waals surface area contributed by atoms with E-state index in [0.717, 1.165) is 10.8 Å². The van der Waals surface area contributed by atoms with Gasteiger partial charge in [-0.3, -0.25) is 4.79 Å². The normalized spacial score (nSPS) is 10.8. The van der Waals surface area contributed by atoms with Crippen LogP contribution in [0.1, 0.15) is 15.9 Å². The number of thiophene rings is 1. The molecule has 94 valence electrons. The third-order valence-corrected chi connectivity index (χ3v) is 4.40. The standard InChI is InChI=1S/C15H8Cl2OS/c16-13-8-12(15(17)19-13)14(18)11-6-5-9-3-1-2-4-10(9)7-11/h1-8H. The lowest BCUT2D eigenvalue weighted by Gasteiger charge is -2.02. The first-order valence-corrected chi connectivity index (χ1v) is 7.21. The fourth-order valence-corrected chi connectivity index (χ4v) is 3.44. The van der Waals surface area contributed by atoms with Gasteiger partial charge >= 0.3 is 0 Å². The van der Waals surface area contributed by atoms with E-state index >= 15 is 0 Å².